The van der Waals surface area contributed by atoms with Crippen LogP contribution in [-0.2, 0) is 0 Å². The van der Waals surface area contributed by atoms with Gasteiger partial charge in [-0.25, -0.2) is 0 Å². The molecule has 0 aromatic carbocycles. The molecule has 4 nitrogen and oxygen atoms in total. The van der Waals surface area contributed by atoms with Gasteiger partial charge in [0.05, 0.1) is 0 Å². The lowest BCUT2D eigenvalue weighted by Gasteiger charge is -1.87. The van der Waals surface area contributed by atoms with Crippen LogP contribution >= 0.6 is 0 Å². The monoisotopic (exact) mass is 138 g/mol. The summed E-state index contributed by atoms with van der Waals surface area (Å²) in [6.45, 7) is 0. The third kappa shape index (κ3) is 0.570. The summed E-state index contributed by atoms with van der Waals surface area (Å²) in [6, 6.07) is 4.48. The van der Waals surface area contributed by atoms with Gasteiger partial charge in [-0.15, -0.1) is 5.10 Å². The van der Waals surface area contributed by atoms with E-state index in [1.807, 2.05) is 0 Å². The van der Waals surface area contributed by atoms with E-state index in [0.29, 0.717) is 5.65 Å². The van der Waals surface area contributed by atoms with Gasteiger partial charge in [0.1, 0.15) is 0 Å². The zero-order valence-corrected chi connectivity index (χ0v) is 4.90. The van der Waals surface area contributed by atoms with Crippen molar-refractivity contribution in [1.82, 2.24) is 20.0 Å². The maximum atomic E-state index is 12.6. The van der Waals surface area contributed by atoms with Gasteiger partial charge in [0.2, 0.25) is 5.95 Å². The van der Waals surface area contributed by atoms with E-state index in [-0.39, 0.29) is 0 Å². The Morgan fingerprint density at radius 1 is 1.40 bits per heavy atom. The molecular formula is C5H3FN4. The second-order valence-corrected chi connectivity index (χ2v) is 1.80. The quantitative estimate of drug-likeness (QED) is 0.490. The molecule has 0 bridgehead atoms. The first-order valence-corrected chi connectivity index (χ1v) is 2.70. The lowest BCUT2D eigenvalue weighted by Crippen LogP contribution is -1.92. The van der Waals surface area contributed by atoms with Gasteiger partial charge in [0.15, 0.2) is 5.65 Å². The molecule has 0 aliphatic heterocycles. The summed E-state index contributed by atoms with van der Waals surface area (Å²) < 4.78 is 13.7. The molecule has 10 heavy (non-hydrogen) atoms. The van der Waals surface area contributed by atoms with Crippen molar-refractivity contribution in [2.45, 2.75) is 0 Å². The van der Waals surface area contributed by atoms with Crippen molar-refractivity contribution >= 4 is 5.65 Å². The fraction of sp³-hybridized carbons (Fsp3) is 0. The molecular weight excluding hydrogens is 135 g/mol. The summed E-state index contributed by atoms with van der Waals surface area (Å²) in [5.41, 5.74) is 0.417. The zero-order valence-electron chi connectivity index (χ0n) is 4.90. The van der Waals surface area contributed by atoms with Gasteiger partial charge in [0, 0.05) is 0 Å². The Morgan fingerprint density at radius 3 is 3.10 bits per heavy atom. The third-order valence-corrected chi connectivity index (χ3v) is 1.18. The van der Waals surface area contributed by atoms with Crippen LogP contribution in [0.4, 0.5) is 4.39 Å². The second kappa shape index (κ2) is 1.73. The molecule has 0 N–H and O–H groups in total. The summed E-state index contributed by atoms with van der Waals surface area (Å²) in [7, 11) is 0. The molecule has 5 heteroatoms. The van der Waals surface area contributed by atoms with Crippen LogP contribution in [0.5, 0.6) is 0 Å². The molecule has 0 saturated heterocycles. The molecule has 0 radical (unpaired) electrons. The summed E-state index contributed by atoms with van der Waals surface area (Å²) in [5, 5.41) is 10.2. The standard InChI is InChI=1S/C5H3FN4/c6-4-2-1-3-5-7-8-9-10(4)5/h1-3H. The van der Waals surface area contributed by atoms with Crippen LogP contribution < -0.4 is 0 Å². The highest BCUT2D eigenvalue weighted by molar-refractivity contribution is 5.33. The average molecular weight is 138 g/mol. The molecule has 2 aromatic rings. The maximum absolute atomic E-state index is 12.6. The van der Waals surface area contributed by atoms with Gasteiger partial charge < -0.3 is 0 Å². The summed E-state index contributed by atoms with van der Waals surface area (Å²) in [6.07, 6.45) is 0. The average Bonchev–Trinajstić information content (AvgIpc) is 2.36. The van der Waals surface area contributed by atoms with E-state index in [4.69, 9.17) is 0 Å². The van der Waals surface area contributed by atoms with E-state index in [0.717, 1.165) is 4.52 Å². The highest BCUT2D eigenvalue weighted by Crippen LogP contribution is 1.98. The normalized spacial score (nSPS) is 10.5. The molecule has 0 aliphatic carbocycles. The number of fused-ring (bicyclic) bond motifs is 1. The van der Waals surface area contributed by atoms with E-state index in [9.17, 15) is 4.39 Å². The van der Waals surface area contributed by atoms with E-state index >= 15 is 0 Å². The minimum Gasteiger partial charge on any atom is -0.185 e. The SMILES string of the molecule is Fc1cccc2nnnn12. The topological polar surface area (TPSA) is 43.1 Å². The lowest BCUT2D eigenvalue weighted by molar-refractivity contribution is 0.536. The van der Waals surface area contributed by atoms with E-state index in [2.05, 4.69) is 15.5 Å². The van der Waals surface area contributed by atoms with Crippen LogP contribution in [0.1, 0.15) is 0 Å². The first-order valence-electron chi connectivity index (χ1n) is 2.70. The Hall–Kier alpha value is -1.52. The molecule has 2 rings (SSSR count). The molecule has 2 aromatic heterocycles. The predicted octanol–water partition coefficient (Wildman–Crippen LogP) is 0.263. The van der Waals surface area contributed by atoms with Gasteiger partial charge in [0.25, 0.3) is 0 Å². The predicted molar refractivity (Wildman–Crippen MR) is 30.7 cm³/mol. The van der Waals surface area contributed by atoms with Gasteiger partial charge in [-0.05, 0) is 22.6 Å². The second-order valence-electron chi connectivity index (χ2n) is 1.80. The number of pyridine rings is 1. The fourth-order valence-corrected chi connectivity index (χ4v) is 0.734. The first kappa shape index (κ1) is 5.28. The molecule has 0 aliphatic rings. The van der Waals surface area contributed by atoms with Gasteiger partial charge in [-0.3, -0.25) is 0 Å². The number of halogens is 1. The van der Waals surface area contributed by atoms with Crippen molar-refractivity contribution in [3.63, 3.8) is 0 Å². The Labute approximate surface area is 55.3 Å². The molecule has 0 fully saturated rings. The van der Waals surface area contributed by atoms with Gasteiger partial charge in [-0.2, -0.15) is 8.91 Å². The minimum absolute atomic E-state index is 0.417. The number of aromatic nitrogens is 4. The van der Waals surface area contributed by atoms with Crippen LogP contribution in [0, 0.1) is 5.95 Å². The fourth-order valence-electron chi connectivity index (χ4n) is 0.734. The van der Waals surface area contributed by atoms with Crippen LogP contribution in [-0.4, -0.2) is 20.0 Å². The van der Waals surface area contributed by atoms with E-state index in [1.54, 1.807) is 12.1 Å². The minimum atomic E-state index is -0.456. The molecule has 2 heterocycles. The molecule has 0 spiro atoms. The van der Waals surface area contributed by atoms with Crippen molar-refractivity contribution in [1.29, 1.82) is 0 Å². The van der Waals surface area contributed by atoms with Crippen LogP contribution in [0.2, 0.25) is 0 Å². The zero-order chi connectivity index (χ0) is 6.97. The summed E-state index contributed by atoms with van der Waals surface area (Å²) >= 11 is 0. The number of hydrogen-bond acceptors (Lipinski definition) is 3. The van der Waals surface area contributed by atoms with Crippen LogP contribution in [0.25, 0.3) is 5.65 Å². The van der Waals surface area contributed by atoms with Crippen LogP contribution in [0.3, 0.4) is 0 Å². The third-order valence-electron chi connectivity index (χ3n) is 1.18. The highest BCUT2D eigenvalue weighted by atomic mass is 19.1. The van der Waals surface area contributed by atoms with Gasteiger partial charge in [-0.1, -0.05) is 6.07 Å². The molecule has 50 valence electrons. The molecule has 0 amide bonds. The van der Waals surface area contributed by atoms with Crippen molar-refractivity contribution in [3.05, 3.63) is 24.1 Å². The molecule has 0 saturated carbocycles. The van der Waals surface area contributed by atoms with Crippen molar-refractivity contribution in [2.24, 2.45) is 0 Å². The highest BCUT2D eigenvalue weighted by Gasteiger charge is 1.98. The summed E-state index contributed by atoms with van der Waals surface area (Å²) in [4.78, 5) is 0. The Balaban J connectivity index is 2.95. The Morgan fingerprint density at radius 2 is 2.30 bits per heavy atom. The van der Waals surface area contributed by atoms with Crippen molar-refractivity contribution in [3.8, 4) is 0 Å². The Bertz CT molecular complexity index is 355. The maximum Gasteiger partial charge on any atom is 0.217 e. The van der Waals surface area contributed by atoms with Gasteiger partial charge >= 0.3 is 0 Å². The number of tetrazole rings is 1. The first-order chi connectivity index (χ1) is 4.88. The van der Waals surface area contributed by atoms with E-state index in [1.165, 1.54) is 6.07 Å². The number of nitrogens with zero attached hydrogens (tertiary/aromatic N) is 4. The summed E-state index contributed by atoms with van der Waals surface area (Å²) in [5.74, 6) is -0.456. The van der Waals surface area contributed by atoms with Crippen molar-refractivity contribution < 1.29 is 4.39 Å². The number of rotatable bonds is 0. The lowest BCUT2D eigenvalue weighted by atomic mass is 10.5. The van der Waals surface area contributed by atoms with Crippen molar-refractivity contribution in [2.75, 3.05) is 0 Å². The van der Waals surface area contributed by atoms with Crippen LogP contribution in [0.15, 0.2) is 18.2 Å². The number of hydrogen-bond donors (Lipinski definition) is 0. The van der Waals surface area contributed by atoms with E-state index < -0.39 is 5.95 Å². The largest absolute Gasteiger partial charge is 0.217 e. The molecule has 0 atom stereocenters. The Kier molecular flexibility index (Phi) is 0.913. The molecule has 0 unspecified atom stereocenters. The smallest absolute Gasteiger partial charge is 0.185 e.